The molecule has 2 rings (SSSR count). The molecule has 0 saturated carbocycles. The van der Waals surface area contributed by atoms with Crippen molar-refractivity contribution in [1.29, 1.82) is 0 Å². The normalized spacial score (nSPS) is 10.4. The third kappa shape index (κ3) is 1.37. The van der Waals surface area contributed by atoms with Crippen molar-refractivity contribution in [2.45, 2.75) is 13.3 Å². The minimum absolute atomic E-state index is 0.794. The second-order valence-corrected chi connectivity index (χ2v) is 3.18. The van der Waals surface area contributed by atoms with Gasteiger partial charge in [0, 0.05) is 12.4 Å². The number of nitrogen functional groups attached to an aromatic ring is 1. The fraction of sp³-hybridized carbons (Fsp3) is 0.182. The molecule has 2 N–H and O–H groups in total. The molecule has 2 aromatic rings. The van der Waals surface area contributed by atoms with Crippen LogP contribution in [0.3, 0.4) is 0 Å². The van der Waals surface area contributed by atoms with Gasteiger partial charge in [-0.15, -0.1) is 0 Å². The lowest BCUT2D eigenvalue weighted by molar-refractivity contribution is 1.01. The Labute approximate surface area is 83.2 Å². The number of hydrogen-bond donors (Lipinski definition) is 1. The smallest absolute Gasteiger partial charge is 0.0992 e. The van der Waals surface area contributed by atoms with E-state index in [1.807, 2.05) is 22.9 Å². The molecule has 0 radical (unpaired) electrons. The Morgan fingerprint density at radius 2 is 2.29 bits per heavy atom. The first-order valence-corrected chi connectivity index (χ1v) is 4.68. The number of nitrogens with two attached hydrogens (primary N) is 1. The van der Waals surface area contributed by atoms with Crippen LogP contribution in [0.1, 0.15) is 12.5 Å². The van der Waals surface area contributed by atoms with Crippen LogP contribution in [0.15, 0.2) is 36.9 Å². The molecule has 1 heterocycles. The molecule has 0 atom stereocenters. The van der Waals surface area contributed by atoms with E-state index in [2.05, 4.69) is 18.0 Å². The topological polar surface area (TPSA) is 43.8 Å². The number of aromatic nitrogens is 2. The van der Waals surface area contributed by atoms with E-state index in [0.29, 0.717) is 0 Å². The van der Waals surface area contributed by atoms with Crippen molar-refractivity contribution >= 4 is 5.69 Å². The van der Waals surface area contributed by atoms with E-state index in [9.17, 15) is 0 Å². The van der Waals surface area contributed by atoms with Gasteiger partial charge in [-0.25, -0.2) is 4.98 Å². The van der Waals surface area contributed by atoms with Crippen molar-refractivity contribution in [2.75, 3.05) is 5.73 Å². The van der Waals surface area contributed by atoms with Crippen molar-refractivity contribution in [1.82, 2.24) is 9.55 Å². The lowest BCUT2D eigenvalue weighted by Gasteiger charge is -2.11. The lowest BCUT2D eigenvalue weighted by Crippen LogP contribution is -2.01. The standard InChI is InChI=1S/C11H13N3/c1-2-9-4-3-5-10(12)11(9)14-7-6-13-8-14/h3-8H,2,12H2,1H3. The molecule has 0 aliphatic heterocycles. The summed E-state index contributed by atoms with van der Waals surface area (Å²) in [7, 11) is 0. The van der Waals surface area contributed by atoms with Crippen LogP contribution >= 0.6 is 0 Å². The van der Waals surface area contributed by atoms with Crippen molar-refractivity contribution in [3.05, 3.63) is 42.5 Å². The number of nitrogens with zero attached hydrogens (tertiary/aromatic N) is 2. The molecule has 0 amide bonds. The summed E-state index contributed by atoms with van der Waals surface area (Å²) in [5, 5.41) is 0. The SMILES string of the molecule is CCc1cccc(N)c1-n1ccnc1. The van der Waals surface area contributed by atoms with Crippen molar-refractivity contribution < 1.29 is 0 Å². The monoisotopic (exact) mass is 187 g/mol. The van der Waals surface area contributed by atoms with E-state index < -0.39 is 0 Å². The Bertz CT molecular complexity index is 418. The lowest BCUT2D eigenvalue weighted by atomic mass is 10.1. The van der Waals surface area contributed by atoms with Gasteiger partial charge in [-0.05, 0) is 18.1 Å². The van der Waals surface area contributed by atoms with Crippen LogP contribution in [0.2, 0.25) is 0 Å². The van der Waals surface area contributed by atoms with E-state index in [0.717, 1.165) is 17.8 Å². The summed E-state index contributed by atoms with van der Waals surface area (Å²) in [5.41, 5.74) is 9.02. The number of aryl methyl sites for hydroxylation is 1. The summed E-state index contributed by atoms with van der Waals surface area (Å²) in [4.78, 5) is 4.02. The quantitative estimate of drug-likeness (QED) is 0.731. The molecular formula is C11H13N3. The number of para-hydroxylation sites is 1. The molecule has 0 saturated heterocycles. The molecule has 14 heavy (non-hydrogen) atoms. The molecule has 1 aromatic carbocycles. The maximum Gasteiger partial charge on any atom is 0.0992 e. The highest BCUT2D eigenvalue weighted by atomic mass is 15.0. The summed E-state index contributed by atoms with van der Waals surface area (Å²) in [6.07, 6.45) is 6.40. The Morgan fingerprint density at radius 1 is 1.43 bits per heavy atom. The van der Waals surface area contributed by atoms with Gasteiger partial charge in [-0.2, -0.15) is 0 Å². The van der Waals surface area contributed by atoms with Gasteiger partial charge in [0.25, 0.3) is 0 Å². The van der Waals surface area contributed by atoms with Gasteiger partial charge in [0.05, 0.1) is 17.7 Å². The summed E-state index contributed by atoms with van der Waals surface area (Å²) in [6, 6.07) is 5.98. The molecule has 0 spiro atoms. The average molecular weight is 187 g/mol. The Balaban J connectivity index is 2.61. The number of imidazole rings is 1. The number of rotatable bonds is 2. The molecule has 0 aliphatic rings. The molecule has 1 aromatic heterocycles. The fourth-order valence-electron chi connectivity index (χ4n) is 1.60. The molecule has 0 fully saturated rings. The Hall–Kier alpha value is -1.77. The van der Waals surface area contributed by atoms with Gasteiger partial charge in [-0.1, -0.05) is 19.1 Å². The number of hydrogen-bond acceptors (Lipinski definition) is 2. The third-order valence-corrected chi connectivity index (χ3v) is 2.29. The van der Waals surface area contributed by atoms with Crippen LogP contribution in [-0.4, -0.2) is 9.55 Å². The zero-order valence-corrected chi connectivity index (χ0v) is 8.14. The summed E-state index contributed by atoms with van der Waals surface area (Å²) in [5.74, 6) is 0. The number of benzene rings is 1. The Kier molecular flexibility index (Phi) is 2.23. The maximum absolute atomic E-state index is 5.94. The van der Waals surface area contributed by atoms with E-state index >= 15 is 0 Å². The molecule has 72 valence electrons. The molecule has 3 nitrogen and oxygen atoms in total. The zero-order valence-electron chi connectivity index (χ0n) is 8.14. The molecule has 0 unspecified atom stereocenters. The average Bonchev–Trinajstić information content (AvgIpc) is 2.70. The molecule has 0 aliphatic carbocycles. The fourth-order valence-corrected chi connectivity index (χ4v) is 1.60. The van der Waals surface area contributed by atoms with Crippen molar-refractivity contribution in [3.63, 3.8) is 0 Å². The van der Waals surface area contributed by atoms with Crippen LogP contribution in [0.5, 0.6) is 0 Å². The minimum Gasteiger partial charge on any atom is -0.397 e. The summed E-state index contributed by atoms with van der Waals surface area (Å²) < 4.78 is 1.95. The van der Waals surface area contributed by atoms with Gasteiger partial charge in [0.1, 0.15) is 0 Å². The van der Waals surface area contributed by atoms with Crippen LogP contribution < -0.4 is 5.73 Å². The molecular weight excluding hydrogens is 174 g/mol. The second-order valence-electron chi connectivity index (χ2n) is 3.18. The molecule has 0 bridgehead atoms. The molecule has 3 heteroatoms. The van der Waals surface area contributed by atoms with Crippen LogP contribution in [0.4, 0.5) is 5.69 Å². The van der Waals surface area contributed by atoms with Crippen molar-refractivity contribution in [2.24, 2.45) is 0 Å². The van der Waals surface area contributed by atoms with Gasteiger partial charge in [0.2, 0.25) is 0 Å². The van der Waals surface area contributed by atoms with E-state index in [4.69, 9.17) is 5.73 Å². The highest BCUT2D eigenvalue weighted by Crippen LogP contribution is 2.21. The second kappa shape index (κ2) is 3.54. The van der Waals surface area contributed by atoms with E-state index in [1.165, 1.54) is 5.56 Å². The van der Waals surface area contributed by atoms with Gasteiger partial charge in [0.15, 0.2) is 0 Å². The predicted molar refractivity (Wildman–Crippen MR) is 57.4 cm³/mol. The maximum atomic E-state index is 5.94. The van der Waals surface area contributed by atoms with Crippen LogP contribution in [-0.2, 0) is 6.42 Å². The first-order valence-electron chi connectivity index (χ1n) is 4.68. The van der Waals surface area contributed by atoms with E-state index in [-0.39, 0.29) is 0 Å². The van der Waals surface area contributed by atoms with Crippen LogP contribution in [0.25, 0.3) is 5.69 Å². The Morgan fingerprint density at radius 3 is 2.93 bits per heavy atom. The summed E-state index contributed by atoms with van der Waals surface area (Å²) >= 11 is 0. The third-order valence-electron chi connectivity index (χ3n) is 2.29. The van der Waals surface area contributed by atoms with Gasteiger partial charge < -0.3 is 10.3 Å². The van der Waals surface area contributed by atoms with Gasteiger partial charge in [-0.3, -0.25) is 0 Å². The first kappa shape index (κ1) is 8.81. The zero-order chi connectivity index (χ0) is 9.97. The van der Waals surface area contributed by atoms with E-state index in [1.54, 1.807) is 12.5 Å². The van der Waals surface area contributed by atoms with Gasteiger partial charge >= 0.3 is 0 Å². The predicted octanol–water partition coefficient (Wildman–Crippen LogP) is 2.02. The highest BCUT2D eigenvalue weighted by molar-refractivity contribution is 5.62. The minimum atomic E-state index is 0.794. The first-order chi connectivity index (χ1) is 6.83. The van der Waals surface area contributed by atoms with Crippen molar-refractivity contribution in [3.8, 4) is 5.69 Å². The number of anilines is 1. The largest absolute Gasteiger partial charge is 0.397 e. The summed E-state index contributed by atoms with van der Waals surface area (Å²) in [6.45, 7) is 2.12. The highest BCUT2D eigenvalue weighted by Gasteiger charge is 2.05. The van der Waals surface area contributed by atoms with Crippen LogP contribution in [0, 0.1) is 0 Å².